The molecule has 0 aliphatic rings. The molecular weight excluding hydrogens is 185 g/mol. The van der Waals surface area contributed by atoms with Crippen LogP contribution in [0.5, 0.6) is 0 Å². The summed E-state index contributed by atoms with van der Waals surface area (Å²) in [6.07, 6.45) is 1.78. The average molecular weight is 206 g/mol. The minimum Gasteiger partial charge on any atom is -0.395 e. The van der Waals surface area contributed by atoms with E-state index in [1.807, 2.05) is 53.9 Å². The number of aliphatic hydroxyl groups excluding tert-OH is 1. The van der Waals surface area contributed by atoms with Crippen molar-refractivity contribution in [2.75, 3.05) is 6.61 Å². The molecule has 0 atom stereocenters. The first-order chi connectivity index (χ1) is 7.10. The molecule has 1 aromatic heterocycles. The summed E-state index contributed by atoms with van der Waals surface area (Å²) in [7, 11) is 2.03. The molecule has 0 fully saturated rings. The molecule has 0 spiro atoms. The first-order valence-electron chi connectivity index (χ1n) is 5.47. The van der Waals surface area contributed by atoms with E-state index >= 15 is 0 Å². The third-order valence-corrected chi connectivity index (χ3v) is 2.21. The van der Waals surface area contributed by atoms with E-state index in [4.69, 9.17) is 5.11 Å². The zero-order chi connectivity index (χ0) is 11.9. The molecule has 83 valence electrons. The highest BCUT2D eigenvalue weighted by molar-refractivity contribution is 6.51. The lowest BCUT2D eigenvalue weighted by molar-refractivity contribution is 0.215. The summed E-state index contributed by atoms with van der Waals surface area (Å²) in [6.45, 7) is 10.1. The molecule has 1 rings (SSSR count). The number of rotatable bonds is 3. The predicted molar refractivity (Wildman–Crippen MR) is 66.9 cm³/mol. The number of hydrogen-bond donors (Lipinski definition) is 1. The molecule has 2 nitrogen and oxygen atoms in total. The van der Waals surface area contributed by atoms with Gasteiger partial charge in [-0.05, 0) is 6.07 Å². The third-order valence-electron chi connectivity index (χ3n) is 2.21. The predicted octanol–water partition coefficient (Wildman–Crippen LogP) is 1.76. The smallest absolute Gasteiger partial charge is 0.148 e. The van der Waals surface area contributed by atoms with Crippen molar-refractivity contribution in [2.45, 2.75) is 39.9 Å². The normalized spacial score (nSPS) is 10.3. The second-order valence-electron chi connectivity index (χ2n) is 3.81. The zero-order valence-corrected chi connectivity index (χ0v) is 10.4. The van der Waals surface area contributed by atoms with Gasteiger partial charge in [-0.2, -0.15) is 0 Å². The Morgan fingerprint density at radius 3 is 2.47 bits per heavy atom. The van der Waals surface area contributed by atoms with Gasteiger partial charge in [0.15, 0.2) is 0 Å². The van der Waals surface area contributed by atoms with Crippen molar-refractivity contribution in [1.29, 1.82) is 0 Å². The van der Waals surface area contributed by atoms with E-state index in [2.05, 4.69) is 4.98 Å². The van der Waals surface area contributed by atoms with Crippen LogP contribution in [0, 0.1) is 0 Å². The summed E-state index contributed by atoms with van der Waals surface area (Å²) in [6, 6.07) is 3.97. The lowest BCUT2D eigenvalue weighted by atomic mass is 9.72. The summed E-state index contributed by atoms with van der Waals surface area (Å²) < 4.78 is 0. The molecule has 1 radical (unpaired) electrons. The summed E-state index contributed by atoms with van der Waals surface area (Å²) in [4.78, 5) is 4.25. The molecule has 0 aromatic carbocycles. The van der Waals surface area contributed by atoms with Crippen LogP contribution in [-0.2, 0) is 5.41 Å². The van der Waals surface area contributed by atoms with Crippen LogP contribution in [-0.4, -0.2) is 24.0 Å². The molecule has 0 unspecified atom stereocenters. The summed E-state index contributed by atoms with van der Waals surface area (Å²) >= 11 is 0. The van der Waals surface area contributed by atoms with Crippen molar-refractivity contribution >= 4 is 12.7 Å². The zero-order valence-electron chi connectivity index (χ0n) is 10.4. The SMILES string of the molecule is CC.C[B]c1ccnc(C(C)(C)CO)c1. The van der Waals surface area contributed by atoms with Crippen LogP contribution in [0.25, 0.3) is 0 Å². The number of aliphatic hydroxyl groups is 1. The summed E-state index contributed by atoms with van der Waals surface area (Å²) in [5.74, 6) is 0. The number of aromatic nitrogens is 1. The largest absolute Gasteiger partial charge is 0.395 e. The molecule has 0 saturated heterocycles. The molecule has 0 bridgehead atoms. The van der Waals surface area contributed by atoms with Crippen LogP contribution in [0.4, 0.5) is 0 Å². The Bertz CT molecular complexity index is 287. The Morgan fingerprint density at radius 1 is 1.40 bits per heavy atom. The quantitative estimate of drug-likeness (QED) is 0.764. The minimum atomic E-state index is -0.251. The number of nitrogens with zero attached hydrogens (tertiary/aromatic N) is 1. The number of hydrogen-bond acceptors (Lipinski definition) is 2. The Hall–Kier alpha value is -0.825. The Balaban J connectivity index is 0.000000921. The van der Waals surface area contributed by atoms with Crippen molar-refractivity contribution in [1.82, 2.24) is 4.98 Å². The first-order valence-corrected chi connectivity index (χ1v) is 5.47. The van der Waals surface area contributed by atoms with Gasteiger partial charge < -0.3 is 5.11 Å². The van der Waals surface area contributed by atoms with Gasteiger partial charge in [0, 0.05) is 17.3 Å². The Morgan fingerprint density at radius 2 is 2.00 bits per heavy atom. The molecule has 1 aromatic rings. The highest BCUT2D eigenvalue weighted by Gasteiger charge is 2.20. The van der Waals surface area contributed by atoms with Gasteiger partial charge in [-0.15, -0.1) is 0 Å². The van der Waals surface area contributed by atoms with Gasteiger partial charge in [0.2, 0.25) is 0 Å². The fraction of sp³-hybridized carbons (Fsp3) is 0.583. The van der Waals surface area contributed by atoms with Gasteiger partial charge in [0.1, 0.15) is 7.28 Å². The van der Waals surface area contributed by atoms with E-state index in [0.29, 0.717) is 0 Å². The Labute approximate surface area is 94.0 Å². The van der Waals surface area contributed by atoms with Gasteiger partial charge in [0.25, 0.3) is 0 Å². The molecule has 0 saturated carbocycles. The minimum absolute atomic E-state index is 0.118. The van der Waals surface area contributed by atoms with E-state index < -0.39 is 0 Å². The van der Waals surface area contributed by atoms with Crippen molar-refractivity contribution in [2.24, 2.45) is 0 Å². The van der Waals surface area contributed by atoms with E-state index in [0.717, 1.165) is 11.2 Å². The lowest BCUT2D eigenvalue weighted by Gasteiger charge is -2.21. The average Bonchev–Trinajstić information content (AvgIpc) is 2.32. The van der Waals surface area contributed by atoms with Crippen LogP contribution in [0.3, 0.4) is 0 Å². The van der Waals surface area contributed by atoms with Crippen molar-refractivity contribution in [3.05, 3.63) is 24.0 Å². The highest BCUT2D eigenvalue weighted by atomic mass is 16.3. The van der Waals surface area contributed by atoms with E-state index in [1.165, 1.54) is 0 Å². The van der Waals surface area contributed by atoms with Gasteiger partial charge in [0.05, 0.1) is 6.61 Å². The molecule has 1 N–H and O–H groups in total. The third kappa shape index (κ3) is 4.04. The fourth-order valence-electron chi connectivity index (χ4n) is 1.08. The second-order valence-corrected chi connectivity index (χ2v) is 3.81. The van der Waals surface area contributed by atoms with Gasteiger partial charge >= 0.3 is 0 Å². The van der Waals surface area contributed by atoms with Crippen LogP contribution >= 0.6 is 0 Å². The maximum Gasteiger partial charge on any atom is 0.148 e. The standard InChI is InChI=1S/C10H15BNO.C2H6/c1-10(2,7-13)9-6-8(11-3)4-5-12-9;1-2/h4-6,13H,7H2,1-3H3;1-2H3. The molecule has 1 heterocycles. The van der Waals surface area contributed by atoms with Crippen molar-refractivity contribution < 1.29 is 5.11 Å². The summed E-state index contributed by atoms with van der Waals surface area (Å²) in [5, 5.41) is 9.16. The second kappa shape index (κ2) is 6.62. The van der Waals surface area contributed by atoms with Crippen LogP contribution < -0.4 is 5.46 Å². The topological polar surface area (TPSA) is 33.1 Å². The molecule has 3 heteroatoms. The lowest BCUT2D eigenvalue weighted by Crippen LogP contribution is -2.26. The molecule has 0 aliphatic heterocycles. The fourth-order valence-corrected chi connectivity index (χ4v) is 1.08. The molecule has 0 aliphatic carbocycles. The van der Waals surface area contributed by atoms with Crippen LogP contribution in [0.2, 0.25) is 6.82 Å². The van der Waals surface area contributed by atoms with Crippen molar-refractivity contribution in [3.63, 3.8) is 0 Å². The van der Waals surface area contributed by atoms with Gasteiger partial charge in [-0.25, -0.2) is 0 Å². The van der Waals surface area contributed by atoms with E-state index in [1.54, 1.807) is 6.20 Å². The van der Waals surface area contributed by atoms with Gasteiger partial charge in [-0.3, -0.25) is 4.98 Å². The van der Waals surface area contributed by atoms with Crippen LogP contribution in [0.1, 0.15) is 33.4 Å². The monoisotopic (exact) mass is 206 g/mol. The summed E-state index contributed by atoms with van der Waals surface area (Å²) in [5.41, 5.74) is 1.83. The van der Waals surface area contributed by atoms with E-state index in [9.17, 15) is 0 Å². The van der Waals surface area contributed by atoms with Gasteiger partial charge in [-0.1, -0.05) is 46.0 Å². The molecule has 0 amide bonds. The maximum atomic E-state index is 9.16. The maximum absolute atomic E-state index is 9.16. The van der Waals surface area contributed by atoms with E-state index in [-0.39, 0.29) is 12.0 Å². The van der Waals surface area contributed by atoms with Crippen LogP contribution in [0.15, 0.2) is 18.3 Å². The molecular formula is C12H21BNO. The Kier molecular flexibility index (Phi) is 6.26. The number of pyridine rings is 1. The van der Waals surface area contributed by atoms with Crippen molar-refractivity contribution in [3.8, 4) is 0 Å². The molecule has 15 heavy (non-hydrogen) atoms. The first kappa shape index (κ1) is 14.2. The highest BCUT2D eigenvalue weighted by Crippen LogP contribution is 2.18.